The Morgan fingerprint density at radius 2 is 2.47 bits per heavy atom. The Balaban J connectivity index is 1.97. The Morgan fingerprint density at radius 3 is 3.16 bits per heavy atom. The van der Waals surface area contributed by atoms with Crippen molar-refractivity contribution in [3.8, 4) is 0 Å². The standard InChI is InChI=1S/C12H16N4O3/c1-2-3-7(12(18)19)16-11(17)9-4-8-10(5-13-9)15-6-14-8/h2,6-7,9,13H,1,3-5H2,(H,14,15)(H,16,17)(H,18,19). The molecule has 7 nitrogen and oxygen atoms in total. The van der Waals surface area contributed by atoms with Gasteiger partial charge in [0.15, 0.2) is 0 Å². The van der Waals surface area contributed by atoms with E-state index in [2.05, 4.69) is 27.2 Å². The van der Waals surface area contributed by atoms with Crippen LogP contribution in [0, 0.1) is 0 Å². The number of imidazole rings is 1. The quantitative estimate of drug-likeness (QED) is 0.540. The van der Waals surface area contributed by atoms with Gasteiger partial charge in [0.05, 0.1) is 23.8 Å². The average molecular weight is 264 g/mol. The molecular weight excluding hydrogens is 248 g/mol. The number of aromatic amines is 1. The molecule has 1 aliphatic rings. The molecule has 0 aromatic carbocycles. The number of hydrogen-bond acceptors (Lipinski definition) is 4. The normalized spacial score (nSPS) is 19.3. The zero-order chi connectivity index (χ0) is 13.8. The topological polar surface area (TPSA) is 107 Å². The summed E-state index contributed by atoms with van der Waals surface area (Å²) in [5.41, 5.74) is 1.81. The van der Waals surface area contributed by atoms with E-state index in [9.17, 15) is 9.59 Å². The van der Waals surface area contributed by atoms with Gasteiger partial charge in [-0.05, 0) is 6.42 Å². The lowest BCUT2D eigenvalue weighted by Crippen LogP contribution is -2.52. The largest absolute Gasteiger partial charge is 0.480 e. The van der Waals surface area contributed by atoms with Crippen LogP contribution < -0.4 is 10.6 Å². The zero-order valence-electron chi connectivity index (χ0n) is 10.3. The Morgan fingerprint density at radius 1 is 1.68 bits per heavy atom. The fourth-order valence-corrected chi connectivity index (χ4v) is 2.01. The summed E-state index contributed by atoms with van der Waals surface area (Å²) in [6, 6.07) is -1.39. The maximum Gasteiger partial charge on any atom is 0.326 e. The fraction of sp³-hybridized carbons (Fsp3) is 0.417. The summed E-state index contributed by atoms with van der Waals surface area (Å²) in [5.74, 6) is -1.40. The highest BCUT2D eigenvalue weighted by Crippen LogP contribution is 2.12. The molecule has 1 aromatic heterocycles. The molecule has 0 saturated heterocycles. The number of H-pyrrole nitrogens is 1. The van der Waals surface area contributed by atoms with Crippen LogP contribution in [0.5, 0.6) is 0 Å². The van der Waals surface area contributed by atoms with Crippen molar-refractivity contribution in [3.05, 3.63) is 30.4 Å². The minimum absolute atomic E-state index is 0.196. The Labute approximate surface area is 110 Å². The van der Waals surface area contributed by atoms with Crippen LogP contribution in [-0.4, -0.2) is 39.0 Å². The molecule has 0 bridgehead atoms. The van der Waals surface area contributed by atoms with Gasteiger partial charge in [-0.15, -0.1) is 6.58 Å². The second-order valence-electron chi connectivity index (χ2n) is 4.39. The maximum absolute atomic E-state index is 12.0. The number of nitrogens with zero attached hydrogens (tertiary/aromatic N) is 1. The molecule has 1 amide bonds. The molecule has 4 N–H and O–H groups in total. The lowest BCUT2D eigenvalue weighted by molar-refractivity contribution is -0.142. The van der Waals surface area contributed by atoms with Crippen molar-refractivity contribution in [2.45, 2.75) is 31.5 Å². The third-order valence-electron chi connectivity index (χ3n) is 3.06. The average Bonchev–Trinajstić information content (AvgIpc) is 2.85. The van der Waals surface area contributed by atoms with Crippen molar-refractivity contribution in [2.75, 3.05) is 0 Å². The van der Waals surface area contributed by atoms with Gasteiger partial charge in [0.1, 0.15) is 6.04 Å². The summed E-state index contributed by atoms with van der Waals surface area (Å²) < 4.78 is 0. The van der Waals surface area contributed by atoms with Crippen molar-refractivity contribution in [3.63, 3.8) is 0 Å². The van der Waals surface area contributed by atoms with Gasteiger partial charge in [0, 0.05) is 13.0 Å². The second kappa shape index (κ2) is 5.66. The van der Waals surface area contributed by atoms with E-state index in [0.717, 1.165) is 11.4 Å². The van der Waals surface area contributed by atoms with Crippen molar-refractivity contribution in [1.29, 1.82) is 0 Å². The fourth-order valence-electron chi connectivity index (χ4n) is 2.01. The van der Waals surface area contributed by atoms with E-state index in [1.54, 1.807) is 6.33 Å². The predicted octanol–water partition coefficient (Wildman–Crippen LogP) is -0.430. The van der Waals surface area contributed by atoms with Gasteiger partial charge in [-0.2, -0.15) is 0 Å². The van der Waals surface area contributed by atoms with E-state index in [1.165, 1.54) is 6.08 Å². The van der Waals surface area contributed by atoms with E-state index < -0.39 is 18.1 Å². The number of carbonyl (C=O) groups is 2. The summed E-state index contributed by atoms with van der Waals surface area (Å²) in [5, 5.41) is 14.5. The highest BCUT2D eigenvalue weighted by molar-refractivity contribution is 5.87. The number of rotatable bonds is 5. The summed E-state index contributed by atoms with van der Waals surface area (Å²) in [6.07, 6.45) is 3.70. The van der Waals surface area contributed by atoms with Crippen molar-refractivity contribution >= 4 is 11.9 Å². The second-order valence-corrected chi connectivity index (χ2v) is 4.39. The molecule has 0 spiro atoms. The molecular formula is C12H16N4O3. The molecule has 7 heteroatoms. The van der Waals surface area contributed by atoms with Gasteiger partial charge < -0.3 is 15.4 Å². The Kier molecular flexibility index (Phi) is 3.96. The minimum Gasteiger partial charge on any atom is -0.480 e. The summed E-state index contributed by atoms with van der Waals surface area (Å²) in [6.45, 7) is 4.00. The number of fused-ring (bicyclic) bond motifs is 1. The lowest BCUT2D eigenvalue weighted by Gasteiger charge is -2.23. The van der Waals surface area contributed by atoms with Crippen molar-refractivity contribution in [2.24, 2.45) is 0 Å². The van der Waals surface area contributed by atoms with Crippen LogP contribution in [0.2, 0.25) is 0 Å². The van der Waals surface area contributed by atoms with Crippen LogP contribution in [0.4, 0.5) is 0 Å². The number of carboxylic acids is 1. The first-order valence-corrected chi connectivity index (χ1v) is 6.00. The van der Waals surface area contributed by atoms with E-state index in [1.807, 2.05) is 0 Å². The molecule has 19 heavy (non-hydrogen) atoms. The molecule has 1 aliphatic heterocycles. The molecule has 0 aliphatic carbocycles. The van der Waals surface area contributed by atoms with Crippen LogP contribution in [-0.2, 0) is 22.6 Å². The SMILES string of the molecule is C=CCC(NC(=O)C1Cc2nc[nH]c2CN1)C(=O)O. The number of carboxylic acid groups (broad SMARTS) is 1. The van der Waals surface area contributed by atoms with Gasteiger partial charge in [0.25, 0.3) is 0 Å². The first kappa shape index (κ1) is 13.3. The number of hydrogen-bond donors (Lipinski definition) is 4. The highest BCUT2D eigenvalue weighted by Gasteiger charge is 2.28. The summed E-state index contributed by atoms with van der Waals surface area (Å²) >= 11 is 0. The Bertz CT molecular complexity index is 497. The number of nitrogens with one attached hydrogen (secondary N) is 3. The summed E-state index contributed by atoms with van der Waals surface area (Å²) in [7, 11) is 0. The third-order valence-corrected chi connectivity index (χ3v) is 3.06. The van der Waals surface area contributed by atoms with E-state index in [0.29, 0.717) is 13.0 Å². The third kappa shape index (κ3) is 3.00. The summed E-state index contributed by atoms with van der Waals surface area (Å²) in [4.78, 5) is 30.1. The number of aromatic nitrogens is 2. The molecule has 2 unspecified atom stereocenters. The molecule has 1 aromatic rings. The molecule has 2 rings (SSSR count). The number of carbonyl (C=O) groups excluding carboxylic acids is 1. The first-order valence-electron chi connectivity index (χ1n) is 6.00. The molecule has 0 fully saturated rings. The van der Waals surface area contributed by atoms with Crippen LogP contribution in [0.25, 0.3) is 0 Å². The van der Waals surface area contributed by atoms with E-state index in [-0.39, 0.29) is 12.3 Å². The minimum atomic E-state index is -1.07. The van der Waals surface area contributed by atoms with Gasteiger partial charge in [0.2, 0.25) is 5.91 Å². The smallest absolute Gasteiger partial charge is 0.326 e. The number of amides is 1. The molecule has 102 valence electrons. The monoisotopic (exact) mass is 264 g/mol. The van der Waals surface area contributed by atoms with E-state index >= 15 is 0 Å². The van der Waals surface area contributed by atoms with Gasteiger partial charge in [-0.1, -0.05) is 6.08 Å². The van der Waals surface area contributed by atoms with Crippen LogP contribution in [0.3, 0.4) is 0 Å². The van der Waals surface area contributed by atoms with Crippen LogP contribution in [0.15, 0.2) is 19.0 Å². The zero-order valence-corrected chi connectivity index (χ0v) is 10.3. The molecule has 0 saturated carbocycles. The van der Waals surface area contributed by atoms with Crippen molar-refractivity contribution in [1.82, 2.24) is 20.6 Å². The predicted molar refractivity (Wildman–Crippen MR) is 67.3 cm³/mol. The number of aliphatic carboxylic acids is 1. The maximum atomic E-state index is 12.0. The molecule has 0 radical (unpaired) electrons. The van der Waals surface area contributed by atoms with E-state index in [4.69, 9.17) is 5.11 Å². The lowest BCUT2D eigenvalue weighted by atomic mass is 10.0. The molecule has 2 heterocycles. The van der Waals surface area contributed by atoms with Gasteiger partial charge in [-0.3, -0.25) is 10.1 Å². The highest BCUT2D eigenvalue weighted by atomic mass is 16.4. The van der Waals surface area contributed by atoms with Gasteiger partial charge >= 0.3 is 5.97 Å². The van der Waals surface area contributed by atoms with Crippen LogP contribution >= 0.6 is 0 Å². The van der Waals surface area contributed by atoms with Crippen LogP contribution in [0.1, 0.15) is 17.8 Å². The molecule has 2 atom stereocenters. The first-order chi connectivity index (χ1) is 9.11. The Hall–Kier alpha value is -2.15. The van der Waals surface area contributed by atoms with Gasteiger partial charge in [-0.25, -0.2) is 9.78 Å². The van der Waals surface area contributed by atoms with Crippen molar-refractivity contribution < 1.29 is 14.7 Å².